The van der Waals surface area contributed by atoms with Crippen molar-refractivity contribution in [1.82, 2.24) is 10.2 Å². The van der Waals surface area contributed by atoms with Crippen molar-refractivity contribution in [3.63, 3.8) is 0 Å². The zero-order chi connectivity index (χ0) is 14.5. The molecule has 1 saturated heterocycles. The number of halogens is 2. The van der Waals surface area contributed by atoms with Crippen LogP contribution in [0, 0.1) is 5.92 Å². The highest BCUT2D eigenvalue weighted by Gasteiger charge is 2.24. The van der Waals surface area contributed by atoms with Crippen molar-refractivity contribution in [2.75, 3.05) is 26.2 Å². The van der Waals surface area contributed by atoms with E-state index in [1.54, 1.807) is 0 Å². The molecule has 0 spiro atoms. The maximum absolute atomic E-state index is 6.34. The van der Waals surface area contributed by atoms with Crippen molar-refractivity contribution < 1.29 is 0 Å². The SMILES string of the molecule is CCNCC1CCN(C(C)c2cccc(Cl)c2Cl)CC1. The fourth-order valence-electron chi connectivity index (χ4n) is 2.93. The van der Waals surface area contributed by atoms with Crippen LogP contribution in [0.5, 0.6) is 0 Å². The molecule has 0 amide bonds. The van der Waals surface area contributed by atoms with Gasteiger partial charge in [-0.25, -0.2) is 0 Å². The van der Waals surface area contributed by atoms with Crippen molar-refractivity contribution in [2.45, 2.75) is 32.7 Å². The predicted molar refractivity (Wildman–Crippen MR) is 87.7 cm³/mol. The highest BCUT2D eigenvalue weighted by Crippen LogP contribution is 2.34. The van der Waals surface area contributed by atoms with Crippen molar-refractivity contribution in [3.8, 4) is 0 Å². The molecule has 2 nitrogen and oxygen atoms in total. The van der Waals surface area contributed by atoms with Gasteiger partial charge in [0, 0.05) is 6.04 Å². The fourth-order valence-corrected chi connectivity index (χ4v) is 3.40. The summed E-state index contributed by atoms with van der Waals surface area (Å²) in [5.74, 6) is 0.813. The molecule has 2 rings (SSSR count). The summed E-state index contributed by atoms with van der Waals surface area (Å²) in [5.41, 5.74) is 1.14. The summed E-state index contributed by atoms with van der Waals surface area (Å²) in [7, 11) is 0. The normalized spacial score (nSPS) is 19.2. The van der Waals surface area contributed by atoms with Crippen LogP contribution in [0.25, 0.3) is 0 Å². The molecule has 0 aromatic heterocycles. The summed E-state index contributed by atoms with van der Waals surface area (Å²) in [6.45, 7) is 8.88. The van der Waals surface area contributed by atoms with Gasteiger partial charge in [0.1, 0.15) is 0 Å². The molecule has 0 saturated carbocycles. The molecule has 1 aliphatic heterocycles. The second-order valence-electron chi connectivity index (χ2n) is 5.61. The minimum atomic E-state index is 0.335. The Kier molecular flexibility index (Phi) is 6.16. The first-order chi connectivity index (χ1) is 9.63. The minimum Gasteiger partial charge on any atom is -0.317 e. The van der Waals surface area contributed by atoms with E-state index in [0.717, 1.165) is 37.7 Å². The van der Waals surface area contributed by atoms with Gasteiger partial charge in [0.15, 0.2) is 0 Å². The number of hydrogen-bond acceptors (Lipinski definition) is 2. The fraction of sp³-hybridized carbons (Fsp3) is 0.625. The van der Waals surface area contributed by atoms with Gasteiger partial charge in [-0.15, -0.1) is 0 Å². The highest BCUT2D eigenvalue weighted by molar-refractivity contribution is 6.42. The van der Waals surface area contributed by atoms with Gasteiger partial charge < -0.3 is 5.32 Å². The van der Waals surface area contributed by atoms with Crippen LogP contribution in [-0.2, 0) is 0 Å². The van der Waals surface area contributed by atoms with Crippen molar-refractivity contribution in [3.05, 3.63) is 33.8 Å². The molecule has 1 fully saturated rings. The smallest absolute Gasteiger partial charge is 0.0640 e. The van der Waals surface area contributed by atoms with E-state index >= 15 is 0 Å². The van der Waals surface area contributed by atoms with Crippen LogP contribution < -0.4 is 5.32 Å². The molecule has 0 bridgehead atoms. The predicted octanol–water partition coefficient (Wildman–Crippen LogP) is 4.38. The van der Waals surface area contributed by atoms with Crippen molar-refractivity contribution in [1.29, 1.82) is 0 Å². The first kappa shape index (κ1) is 16.1. The molecule has 1 atom stereocenters. The van der Waals surface area contributed by atoms with Crippen LogP contribution in [0.4, 0.5) is 0 Å². The van der Waals surface area contributed by atoms with E-state index in [1.807, 2.05) is 12.1 Å². The van der Waals surface area contributed by atoms with E-state index in [4.69, 9.17) is 23.2 Å². The number of nitrogens with one attached hydrogen (secondary N) is 1. The zero-order valence-electron chi connectivity index (χ0n) is 12.3. The molecular formula is C16H24Cl2N2. The number of nitrogens with zero attached hydrogens (tertiary/aromatic N) is 1. The van der Waals surface area contributed by atoms with E-state index < -0.39 is 0 Å². The number of benzene rings is 1. The molecular weight excluding hydrogens is 291 g/mol. The molecule has 0 aliphatic carbocycles. The van der Waals surface area contributed by atoms with Gasteiger partial charge in [0.25, 0.3) is 0 Å². The van der Waals surface area contributed by atoms with Crippen LogP contribution in [0.15, 0.2) is 18.2 Å². The van der Waals surface area contributed by atoms with Gasteiger partial charge in [-0.1, -0.05) is 42.3 Å². The van der Waals surface area contributed by atoms with Crippen LogP contribution in [-0.4, -0.2) is 31.1 Å². The van der Waals surface area contributed by atoms with Gasteiger partial charge in [0.2, 0.25) is 0 Å². The van der Waals surface area contributed by atoms with E-state index in [2.05, 4.69) is 30.1 Å². The lowest BCUT2D eigenvalue weighted by Crippen LogP contribution is -2.38. The third-order valence-electron chi connectivity index (χ3n) is 4.31. The minimum absolute atomic E-state index is 0.335. The number of hydrogen-bond donors (Lipinski definition) is 1. The van der Waals surface area contributed by atoms with E-state index in [-0.39, 0.29) is 0 Å². The summed E-state index contributed by atoms with van der Waals surface area (Å²) >= 11 is 12.5. The summed E-state index contributed by atoms with van der Waals surface area (Å²) in [4.78, 5) is 2.51. The lowest BCUT2D eigenvalue weighted by molar-refractivity contribution is 0.140. The quantitative estimate of drug-likeness (QED) is 0.867. The standard InChI is InChI=1S/C16H24Cl2N2/c1-3-19-11-13-7-9-20(10-8-13)12(2)14-5-4-6-15(17)16(14)18/h4-6,12-13,19H,3,7-11H2,1-2H3. The molecule has 1 aromatic rings. The third kappa shape index (κ3) is 3.88. The Balaban J connectivity index is 1.94. The number of likely N-dealkylation sites (tertiary alicyclic amines) is 1. The van der Waals surface area contributed by atoms with Crippen LogP contribution in [0.1, 0.15) is 38.3 Å². The Bertz CT molecular complexity index is 428. The third-order valence-corrected chi connectivity index (χ3v) is 5.14. The topological polar surface area (TPSA) is 15.3 Å². The van der Waals surface area contributed by atoms with Crippen LogP contribution in [0.2, 0.25) is 10.0 Å². The van der Waals surface area contributed by atoms with E-state index in [9.17, 15) is 0 Å². The molecule has 4 heteroatoms. The largest absolute Gasteiger partial charge is 0.317 e. The molecule has 20 heavy (non-hydrogen) atoms. The Labute approximate surface area is 132 Å². The molecule has 0 radical (unpaired) electrons. The Morgan fingerprint density at radius 1 is 1.30 bits per heavy atom. The van der Waals surface area contributed by atoms with E-state index in [0.29, 0.717) is 16.1 Å². The summed E-state index contributed by atoms with van der Waals surface area (Å²) in [6.07, 6.45) is 2.52. The zero-order valence-corrected chi connectivity index (χ0v) is 13.8. The summed E-state index contributed by atoms with van der Waals surface area (Å²) < 4.78 is 0. The monoisotopic (exact) mass is 314 g/mol. The van der Waals surface area contributed by atoms with Gasteiger partial charge in [-0.2, -0.15) is 0 Å². The Morgan fingerprint density at radius 2 is 2.00 bits per heavy atom. The molecule has 112 valence electrons. The van der Waals surface area contributed by atoms with Gasteiger partial charge >= 0.3 is 0 Å². The van der Waals surface area contributed by atoms with Crippen LogP contribution >= 0.6 is 23.2 Å². The van der Waals surface area contributed by atoms with E-state index in [1.165, 1.54) is 12.8 Å². The number of rotatable bonds is 5. The number of piperidine rings is 1. The van der Waals surface area contributed by atoms with Crippen LogP contribution in [0.3, 0.4) is 0 Å². The van der Waals surface area contributed by atoms with Gasteiger partial charge in [-0.3, -0.25) is 4.90 Å². The molecule has 1 aliphatic rings. The average molecular weight is 315 g/mol. The second-order valence-corrected chi connectivity index (χ2v) is 6.39. The highest BCUT2D eigenvalue weighted by atomic mass is 35.5. The molecule has 1 aromatic carbocycles. The first-order valence-electron chi connectivity index (χ1n) is 7.52. The Morgan fingerprint density at radius 3 is 2.65 bits per heavy atom. The Hall–Kier alpha value is -0.280. The average Bonchev–Trinajstić information content (AvgIpc) is 2.48. The molecule has 1 heterocycles. The molecule has 1 unspecified atom stereocenters. The maximum atomic E-state index is 6.34. The maximum Gasteiger partial charge on any atom is 0.0640 e. The summed E-state index contributed by atoms with van der Waals surface area (Å²) in [6, 6.07) is 6.26. The second kappa shape index (κ2) is 7.65. The van der Waals surface area contributed by atoms with Crippen molar-refractivity contribution in [2.24, 2.45) is 5.92 Å². The first-order valence-corrected chi connectivity index (χ1v) is 8.27. The summed E-state index contributed by atoms with van der Waals surface area (Å²) in [5, 5.41) is 4.81. The van der Waals surface area contributed by atoms with Gasteiger partial charge in [-0.05, 0) is 63.5 Å². The van der Waals surface area contributed by atoms with Crippen molar-refractivity contribution >= 4 is 23.2 Å². The van der Waals surface area contributed by atoms with Gasteiger partial charge in [0.05, 0.1) is 10.0 Å². The lowest BCUT2D eigenvalue weighted by atomic mass is 9.94. The molecule has 1 N–H and O–H groups in total. The lowest BCUT2D eigenvalue weighted by Gasteiger charge is -2.36.